The SMILES string of the molecule is C[C@H](N)C(=O)N1CCCC1c1ccccc1Cl. The molecule has 0 aromatic heterocycles. The molecule has 2 N–H and O–H groups in total. The minimum Gasteiger partial charge on any atom is -0.334 e. The Balaban J connectivity index is 2.26. The average molecular weight is 253 g/mol. The summed E-state index contributed by atoms with van der Waals surface area (Å²) in [5.74, 6) is 0.00687. The Morgan fingerprint density at radius 1 is 1.53 bits per heavy atom. The lowest BCUT2D eigenvalue weighted by molar-refractivity contribution is -0.133. The third-order valence-electron chi connectivity index (χ3n) is 3.19. The summed E-state index contributed by atoms with van der Waals surface area (Å²) in [6.07, 6.45) is 1.97. The molecule has 0 spiro atoms. The third kappa shape index (κ3) is 2.45. The van der Waals surface area contributed by atoms with E-state index in [0.717, 1.165) is 30.0 Å². The molecule has 3 nitrogen and oxygen atoms in total. The van der Waals surface area contributed by atoms with E-state index in [2.05, 4.69) is 0 Å². The zero-order valence-corrected chi connectivity index (χ0v) is 10.7. The van der Waals surface area contributed by atoms with Gasteiger partial charge in [-0.2, -0.15) is 0 Å². The number of hydrogen-bond acceptors (Lipinski definition) is 2. The van der Waals surface area contributed by atoms with Crippen LogP contribution in [0.5, 0.6) is 0 Å². The van der Waals surface area contributed by atoms with Gasteiger partial charge in [0.05, 0.1) is 12.1 Å². The second kappa shape index (κ2) is 5.07. The summed E-state index contributed by atoms with van der Waals surface area (Å²) in [5, 5.41) is 0.724. The number of benzene rings is 1. The number of nitrogens with two attached hydrogens (primary N) is 1. The molecule has 2 rings (SSSR count). The van der Waals surface area contributed by atoms with Gasteiger partial charge in [-0.3, -0.25) is 4.79 Å². The van der Waals surface area contributed by atoms with E-state index in [1.807, 2.05) is 29.2 Å². The van der Waals surface area contributed by atoms with Gasteiger partial charge in [-0.25, -0.2) is 0 Å². The van der Waals surface area contributed by atoms with Gasteiger partial charge in [0.1, 0.15) is 0 Å². The van der Waals surface area contributed by atoms with Crippen molar-refractivity contribution < 1.29 is 4.79 Å². The van der Waals surface area contributed by atoms with Crippen molar-refractivity contribution in [2.75, 3.05) is 6.54 Å². The maximum Gasteiger partial charge on any atom is 0.239 e. The maximum absolute atomic E-state index is 12.0. The van der Waals surface area contributed by atoms with Crippen molar-refractivity contribution in [2.45, 2.75) is 31.8 Å². The number of carbonyl (C=O) groups excluding carboxylic acids is 1. The zero-order chi connectivity index (χ0) is 12.4. The molecule has 0 radical (unpaired) electrons. The molecule has 1 heterocycles. The average Bonchev–Trinajstić information content (AvgIpc) is 2.77. The molecule has 1 unspecified atom stereocenters. The monoisotopic (exact) mass is 252 g/mol. The Morgan fingerprint density at radius 2 is 2.24 bits per heavy atom. The van der Waals surface area contributed by atoms with E-state index < -0.39 is 6.04 Å². The second-order valence-corrected chi connectivity index (χ2v) is 4.91. The summed E-state index contributed by atoms with van der Waals surface area (Å²) >= 11 is 6.18. The Bertz CT molecular complexity index is 420. The van der Waals surface area contributed by atoms with Gasteiger partial charge in [-0.15, -0.1) is 0 Å². The van der Waals surface area contributed by atoms with E-state index in [4.69, 9.17) is 17.3 Å². The molecule has 1 aliphatic heterocycles. The van der Waals surface area contributed by atoms with Gasteiger partial charge in [0, 0.05) is 11.6 Å². The topological polar surface area (TPSA) is 46.3 Å². The summed E-state index contributed by atoms with van der Waals surface area (Å²) in [4.78, 5) is 13.9. The van der Waals surface area contributed by atoms with E-state index >= 15 is 0 Å². The number of likely N-dealkylation sites (tertiary alicyclic amines) is 1. The van der Waals surface area contributed by atoms with Crippen molar-refractivity contribution in [1.82, 2.24) is 4.90 Å². The van der Waals surface area contributed by atoms with Gasteiger partial charge >= 0.3 is 0 Å². The van der Waals surface area contributed by atoms with Crippen molar-refractivity contribution in [2.24, 2.45) is 5.73 Å². The molecule has 1 fully saturated rings. The van der Waals surface area contributed by atoms with E-state index in [9.17, 15) is 4.79 Å². The highest BCUT2D eigenvalue weighted by Gasteiger charge is 2.32. The van der Waals surface area contributed by atoms with Crippen LogP contribution in [0.15, 0.2) is 24.3 Å². The fourth-order valence-corrected chi connectivity index (χ4v) is 2.62. The first-order valence-corrected chi connectivity index (χ1v) is 6.29. The van der Waals surface area contributed by atoms with Crippen molar-refractivity contribution in [3.8, 4) is 0 Å². The van der Waals surface area contributed by atoms with Crippen LogP contribution in [0.3, 0.4) is 0 Å². The molecule has 0 saturated carbocycles. The van der Waals surface area contributed by atoms with Gasteiger partial charge in [0.25, 0.3) is 0 Å². The number of rotatable bonds is 2. The van der Waals surface area contributed by atoms with Crippen molar-refractivity contribution in [3.05, 3.63) is 34.9 Å². The lowest BCUT2D eigenvalue weighted by Crippen LogP contribution is -2.41. The molecule has 0 bridgehead atoms. The van der Waals surface area contributed by atoms with Gasteiger partial charge < -0.3 is 10.6 Å². The van der Waals surface area contributed by atoms with E-state index in [0.29, 0.717) is 0 Å². The van der Waals surface area contributed by atoms with E-state index in [1.165, 1.54) is 0 Å². The van der Waals surface area contributed by atoms with Crippen LogP contribution in [0.4, 0.5) is 0 Å². The molecule has 1 aromatic carbocycles. The Labute approximate surface area is 107 Å². The molecule has 1 amide bonds. The lowest BCUT2D eigenvalue weighted by atomic mass is 10.0. The van der Waals surface area contributed by atoms with Crippen LogP contribution >= 0.6 is 11.6 Å². The molecule has 2 atom stereocenters. The van der Waals surface area contributed by atoms with Crippen LogP contribution in [-0.2, 0) is 4.79 Å². The summed E-state index contributed by atoms with van der Waals surface area (Å²) in [7, 11) is 0. The van der Waals surface area contributed by atoms with Crippen LogP contribution < -0.4 is 5.73 Å². The Morgan fingerprint density at radius 3 is 2.88 bits per heavy atom. The van der Waals surface area contributed by atoms with Crippen LogP contribution in [0, 0.1) is 0 Å². The van der Waals surface area contributed by atoms with Crippen molar-refractivity contribution in [3.63, 3.8) is 0 Å². The molecule has 1 saturated heterocycles. The summed E-state index contributed by atoms with van der Waals surface area (Å²) < 4.78 is 0. The number of amides is 1. The van der Waals surface area contributed by atoms with Gasteiger partial charge in [0.2, 0.25) is 5.91 Å². The standard InChI is InChI=1S/C13H17ClN2O/c1-9(15)13(17)16-8-4-7-12(16)10-5-2-3-6-11(10)14/h2-3,5-6,9,12H,4,7-8,15H2,1H3/t9-,12?/m0/s1. The highest BCUT2D eigenvalue weighted by molar-refractivity contribution is 6.31. The smallest absolute Gasteiger partial charge is 0.239 e. The van der Waals surface area contributed by atoms with Gasteiger partial charge in [0.15, 0.2) is 0 Å². The first kappa shape index (κ1) is 12.4. The second-order valence-electron chi connectivity index (χ2n) is 4.50. The largest absolute Gasteiger partial charge is 0.334 e. The number of hydrogen-bond donors (Lipinski definition) is 1. The summed E-state index contributed by atoms with van der Waals surface area (Å²) in [6.45, 7) is 2.50. The maximum atomic E-state index is 12.0. The summed E-state index contributed by atoms with van der Waals surface area (Å²) in [6, 6.07) is 7.34. The Hall–Kier alpha value is -1.06. The number of carbonyl (C=O) groups is 1. The van der Waals surface area contributed by atoms with Crippen LogP contribution in [0.2, 0.25) is 5.02 Å². The molecule has 17 heavy (non-hydrogen) atoms. The molecule has 0 aliphatic carbocycles. The van der Waals surface area contributed by atoms with Gasteiger partial charge in [-0.05, 0) is 31.4 Å². The summed E-state index contributed by atoms with van der Waals surface area (Å²) in [5.41, 5.74) is 6.70. The molecular formula is C13H17ClN2O. The number of nitrogens with zero attached hydrogens (tertiary/aromatic N) is 1. The minimum atomic E-state index is -0.446. The quantitative estimate of drug-likeness (QED) is 0.878. The Kier molecular flexibility index (Phi) is 3.69. The van der Waals surface area contributed by atoms with Crippen molar-refractivity contribution in [1.29, 1.82) is 0 Å². The predicted octanol–water partition coefficient (Wildman–Crippen LogP) is 2.35. The molecular weight excluding hydrogens is 236 g/mol. The van der Waals surface area contributed by atoms with E-state index in [1.54, 1.807) is 6.92 Å². The van der Waals surface area contributed by atoms with E-state index in [-0.39, 0.29) is 11.9 Å². The molecule has 1 aromatic rings. The molecule has 1 aliphatic rings. The first-order valence-electron chi connectivity index (χ1n) is 5.91. The predicted molar refractivity (Wildman–Crippen MR) is 68.8 cm³/mol. The normalized spacial score (nSPS) is 21.6. The fourth-order valence-electron chi connectivity index (χ4n) is 2.36. The van der Waals surface area contributed by atoms with Gasteiger partial charge in [-0.1, -0.05) is 29.8 Å². The fraction of sp³-hybridized carbons (Fsp3) is 0.462. The zero-order valence-electron chi connectivity index (χ0n) is 9.90. The highest BCUT2D eigenvalue weighted by Crippen LogP contribution is 2.35. The van der Waals surface area contributed by atoms with Crippen molar-refractivity contribution >= 4 is 17.5 Å². The van der Waals surface area contributed by atoms with Crippen LogP contribution in [0.1, 0.15) is 31.4 Å². The minimum absolute atomic E-state index is 0.00687. The third-order valence-corrected chi connectivity index (χ3v) is 3.53. The highest BCUT2D eigenvalue weighted by atomic mass is 35.5. The molecule has 92 valence electrons. The lowest BCUT2D eigenvalue weighted by Gasteiger charge is -2.27. The first-order chi connectivity index (χ1) is 8.11. The number of halogens is 1. The van der Waals surface area contributed by atoms with Crippen LogP contribution in [0.25, 0.3) is 0 Å². The van der Waals surface area contributed by atoms with Crippen LogP contribution in [-0.4, -0.2) is 23.4 Å². The molecule has 4 heteroatoms.